The van der Waals surface area contributed by atoms with Gasteiger partial charge in [0, 0.05) is 17.2 Å². The van der Waals surface area contributed by atoms with Crippen LogP contribution in [0.1, 0.15) is 6.92 Å². The fourth-order valence-electron chi connectivity index (χ4n) is 1.21. The van der Waals surface area contributed by atoms with E-state index >= 15 is 0 Å². The summed E-state index contributed by atoms with van der Waals surface area (Å²) in [6.07, 6.45) is 0. The number of ether oxygens (including phenoxy) is 1. The molecule has 0 spiro atoms. The average Bonchev–Trinajstić information content (AvgIpc) is 2.29. The van der Waals surface area contributed by atoms with Crippen molar-refractivity contribution in [1.82, 2.24) is 5.32 Å². The third kappa shape index (κ3) is 4.03. The monoisotopic (exact) mass is 313 g/mol. The molecule has 5 nitrogen and oxygen atoms in total. The second-order valence-electron chi connectivity index (χ2n) is 3.37. The van der Waals surface area contributed by atoms with Gasteiger partial charge in [0.25, 0.3) is 15.0 Å². The molecule has 1 amide bonds. The van der Waals surface area contributed by atoms with Gasteiger partial charge >= 0.3 is 0 Å². The third-order valence-corrected chi connectivity index (χ3v) is 3.35. The van der Waals surface area contributed by atoms with E-state index in [1.165, 1.54) is 0 Å². The highest BCUT2D eigenvalue weighted by Gasteiger charge is 2.22. The predicted molar refractivity (Wildman–Crippen MR) is 63.6 cm³/mol. The second-order valence-corrected chi connectivity index (χ2v) is 5.90. The summed E-state index contributed by atoms with van der Waals surface area (Å²) in [6.45, 7) is 1.53. The van der Waals surface area contributed by atoms with E-state index in [-0.39, 0.29) is 0 Å². The molecule has 0 unspecified atom stereocenters. The van der Waals surface area contributed by atoms with Crippen LogP contribution in [0.15, 0.2) is 17.0 Å². The minimum atomic E-state index is -4.39. The first-order valence-corrected chi connectivity index (χ1v) is 7.40. The van der Waals surface area contributed by atoms with E-state index in [1.54, 1.807) is 6.92 Å². The van der Waals surface area contributed by atoms with E-state index in [1.807, 2.05) is 0 Å². The van der Waals surface area contributed by atoms with Crippen molar-refractivity contribution in [3.05, 3.63) is 23.8 Å². The summed E-state index contributed by atoms with van der Waals surface area (Å²) in [5.74, 6) is -4.27. The van der Waals surface area contributed by atoms with Crippen molar-refractivity contribution in [2.45, 2.75) is 11.8 Å². The standard InChI is InChI=1S/C10H10ClF2NO4S/c1-2-14-8(15)5-18-6-3-4-7(19(11,16)17)10(13)9(6)12/h3-4H,2,5H2,1H3,(H,14,15). The van der Waals surface area contributed by atoms with Crippen molar-refractivity contribution in [2.24, 2.45) is 0 Å². The molecular formula is C10H10ClF2NO4S. The Kier molecular flexibility index (Phi) is 5.07. The Bertz CT molecular complexity index is 591. The molecular weight excluding hydrogens is 304 g/mol. The fraction of sp³-hybridized carbons (Fsp3) is 0.300. The number of hydrogen-bond acceptors (Lipinski definition) is 4. The van der Waals surface area contributed by atoms with Gasteiger partial charge in [0.2, 0.25) is 5.82 Å². The van der Waals surface area contributed by atoms with Gasteiger partial charge in [-0.25, -0.2) is 12.8 Å². The van der Waals surface area contributed by atoms with Gasteiger partial charge in [0.1, 0.15) is 4.90 Å². The number of amides is 1. The molecule has 0 radical (unpaired) electrons. The minimum Gasteiger partial charge on any atom is -0.481 e. The topological polar surface area (TPSA) is 72.5 Å². The lowest BCUT2D eigenvalue weighted by Crippen LogP contribution is -2.28. The van der Waals surface area contributed by atoms with E-state index in [0.29, 0.717) is 6.54 Å². The molecule has 19 heavy (non-hydrogen) atoms. The van der Waals surface area contributed by atoms with E-state index in [9.17, 15) is 22.0 Å². The lowest BCUT2D eigenvalue weighted by molar-refractivity contribution is -0.123. The van der Waals surface area contributed by atoms with E-state index in [0.717, 1.165) is 12.1 Å². The molecule has 0 aromatic heterocycles. The molecule has 0 aliphatic heterocycles. The highest BCUT2D eigenvalue weighted by atomic mass is 35.7. The van der Waals surface area contributed by atoms with Crippen LogP contribution in [-0.2, 0) is 13.8 Å². The number of benzene rings is 1. The van der Waals surface area contributed by atoms with E-state index < -0.39 is 43.8 Å². The average molecular weight is 314 g/mol. The number of carbonyl (C=O) groups excluding carboxylic acids is 1. The third-order valence-electron chi connectivity index (χ3n) is 2.01. The maximum absolute atomic E-state index is 13.5. The number of likely N-dealkylation sites (N-methyl/N-ethyl adjacent to an activating group) is 1. The highest BCUT2D eigenvalue weighted by molar-refractivity contribution is 8.13. The number of carbonyl (C=O) groups is 1. The van der Waals surface area contributed by atoms with E-state index in [2.05, 4.69) is 5.32 Å². The van der Waals surface area contributed by atoms with Crippen LogP contribution < -0.4 is 10.1 Å². The largest absolute Gasteiger partial charge is 0.481 e. The van der Waals surface area contributed by atoms with Crippen LogP contribution in [-0.4, -0.2) is 27.5 Å². The Hall–Kier alpha value is -1.41. The summed E-state index contributed by atoms with van der Waals surface area (Å²) in [6, 6.07) is 1.64. The van der Waals surface area contributed by atoms with Gasteiger partial charge in [-0.15, -0.1) is 0 Å². The Morgan fingerprint density at radius 2 is 2.00 bits per heavy atom. The number of hydrogen-bond donors (Lipinski definition) is 1. The Labute approximate surface area is 112 Å². The maximum atomic E-state index is 13.5. The zero-order chi connectivity index (χ0) is 14.6. The first-order valence-electron chi connectivity index (χ1n) is 5.09. The predicted octanol–water partition coefficient (Wildman–Crippen LogP) is 1.41. The zero-order valence-electron chi connectivity index (χ0n) is 9.74. The van der Waals surface area contributed by atoms with Gasteiger partial charge < -0.3 is 10.1 Å². The van der Waals surface area contributed by atoms with E-state index in [4.69, 9.17) is 15.4 Å². The summed E-state index contributed by atoms with van der Waals surface area (Å²) in [4.78, 5) is 10.1. The van der Waals surface area contributed by atoms with Crippen LogP contribution in [0.2, 0.25) is 0 Å². The van der Waals surface area contributed by atoms with Crippen LogP contribution in [0, 0.1) is 11.6 Å². The molecule has 1 N–H and O–H groups in total. The number of halogens is 3. The normalized spacial score (nSPS) is 11.2. The highest BCUT2D eigenvalue weighted by Crippen LogP contribution is 2.27. The molecule has 0 atom stereocenters. The van der Waals surface area contributed by atoms with Crippen LogP contribution >= 0.6 is 10.7 Å². The molecule has 106 valence electrons. The molecule has 1 rings (SSSR count). The van der Waals surface area contributed by atoms with Crippen molar-refractivity contribution in [1.29, 1.82) is 0 Å². The lowest BCUT2D eigenvalue weighted by atomic mass is 10.3. The van der Waals surface area contributed by atoms with Gasteiger partial charge in [-0.2, -0.15) is 4.39 Å². The molecule has 0 fully saturated rings. The van der Waals surface area contributed by atoms with Crippen molar-refractivity contribution in [3.8, 4) is 5.75 Å². The first-order chi connectivity index (χ1) is 8.77. The quantitative estimate of drug-likeness (QED) is 0.834. The van der Waals surface area contributed by atoms with Gasteiger partial charge in [-0.3, -0.25) is 4.79 Å². The summed E-state index contributed by atoms with van der Waals surface area (Å²) in [5.41, 5.74) is 0. The second kappa shape index (κ2) is 6.16. The van der Waals surface area contributed by atoms with Crippen LogP contribution in [0.4, 0.5) is 8.78 Å². The van der Waals surface area contributed by atoms with Gasteiger partial charge in [0.15, 0.2) is 18.2 Å². The molecule has 1 aromatic rings. The molecule has 9 heteroatoms. The van der Waals surface area contributed by atoms with Crippen molar-refractivity contribution >= 4 is 25.6 Å². The SMILES string of the molecule is CCNC(=O)COc1ccc(S(=O)(=O)Cl)c(F)c1F. The smallest absolute Gasteiger partial charge is 0.264 e. The Morgan fingerprint density at radius 1 is 1.37 bits per heavy atom. The first kappa shape index (κ1) is 15.6. The Morgan fingerprint density at radius 3 is 2.53 bits per heavy atom. The Balaban J connectivity index is 2.95. The summed E-state index contributed by atoms with van der Waals surface area (Å²) in [5, 5.41) is 2.39. The van der Waals surface area contributed by atoms with Crippen molar-refractivity contribution in [3.63, 3.8) is 0 Å². The summed E-state index contributed by atoms with van der Waals surface area (Å²) in [7, 11) is 0.527. The van der Waals surface area contributed by atoms with Gasteiger partial charge in [-0.1, -0.05) is 0 Å². The minimum absolute atomic E-state index is 0.364. The van der Waals surface area contributed by atoms with Crippen LogP contribution in [0.25, 0.3) is 0 Å². The van der Waals surface area contributed by atoms with Crippen molar-refractivity contribution < 1.29 is 26.7 Å². The maximum Gasteiger partial charge on any atom is 0.264 e. The summed E-state index contributed by atoms with van der Waals surface area (Å²) >= 11 is 0. The van der Waals surface area contributed by atoms with Crippen LogP contribution in [0.3, 0.4) is 0 Å². The molecule has 1 aromatic carbocycles. The number of nitrogens with one attached hydrogen (secondary N) is 1. The summed E-state index contributed by atoms with van der Waals surface area (Å²) < 4.78 is 53.5. The molecule has 0 saturated heterocycles. The lowest BCUT2D eigenvalue weighted by Gasteiger charge is -2.08. The molecule has 0 saturated carbocycles. The van der Waals surface area contributed by atoms with Crippen molar-refractivity contribution in [2.75, 3.05) is 13.2 Å². The number of rotatable bonds is 5. The molecule has 0 aliphatic rings. The molecule has 0 heterocycles. The van der Waals surface area contributed by atoms with Gasteiger partial charge in [-0.05, 0) is 19.1 Å². The molecule has 0 aliphatic carbocycles. The fourth-order valence-corrected chi connectivity index (χ4v) is 2.10. The van der Waals surface area contributed by atoms with Gasteiger partial charge in [0.05, 0.1) is 0 Å². The molecule has 0 bridgehead atoms. The van der Waals surface area contributed by atoms with Crippen LogP contribution in [0.5, 0.6) is 5.75 Å². The zero-order valence-corrected chi connectivity index (χ0v) is 11.3.